The highest BCUT2D eigenvalue weighted by Gasteiger charge is 2.14. The van der Waals surface area contributed by atoms with E-state index in [1.165, 1.54) is 22.9 Å². The molecule has 0 radical (unpaired) electrons. The summed E-state index contributed by atoms with van der Waals surface area (Å²) in [6, 6.07) is 11.6. The highest BCUT2D eigenvalue weighted by molar-refractivity contribution is 5.89. The van der Waals surface area contributed by atoms with Crippen molar-refractivity contribution in [1.29, 1.82) is 5.26 Å². The number of hydrogen-bond acceptors (Lipinski definition) is 4. The van der Waals surface area contributed by atoms with Gasteiger partial charge in [-0.15, -0.1) is 0 Å². The lowest BCUT2D eigenvalue weighted by Crippen LogP contribution is -2.18. The number of carbonyl (C=O) groups excluding carboxylic acids is 1. The molecule has 2 aromatic rings. The molecule has 106 valence electrons. The first-order valence-corrected chi connectivity index (χ1v) is 6.39. The lowest BCUT2D eigenvalue weighted by Gasteiger charge is -2.13. The summed E-state index contributed by atoms with van der Waals surface area (Å²) in [4.78, 5) is 23.5. The van der Waals surface area contributed by atoms with Crippen molar-refractivity contribution in [2.45, 2.75) is 13.0 Å². The molecule has 0 fully saturated rings. The Hall–Kier alpha value is -2.87. The number of nitrogens with zero attached hydrogens (tertiary/aromatic N) is 2. The monoisotopic (exact) mass is 282 g/mol. The molecule has 1 aromatic carbocycles. The maximum atomic E-state index is 12.0. The van der Waals surface area contributed by atoms with Crippen LogP contribution in [-0.2, 0) is 11.8 Å². The third-order valence-corrected chi connectivity index (χ3v) is 3.13. The van der Waals surface area contributed by atoms with Crippen molar-refractivity contribution in [1.82, 2.24) is 4.57 Å². The second-order valence-electron chi connectivity index (χ2n) is 4.65. The summed E-state index contributed by atoms with van der Waals surface area (Å²) in [6.45, 7) is 1.74. The summed E-state index contributed by atoms with van der Waals surface area (Å²) >= 11 is 0. The molecular weight excluding hydrogens is 268 g/mol. The third-order valence-electron chi connectivity index (χ3n) is 3.13. The van der Waals surface area contributed by atoms with E-state index in [-0.39, 0.29) is 11.1 Å². The summed E-state index contributed by atoms with van der Waals surface area (Å²) in [5, 5.41) is 8.74. The van der Waals surface area contributed by atoms with Gasteiger partial charge in [0.2, 0.25) is 0 Å². The molecule has 5 heteroatoms. The molecule has 0 aliphatic rings. The molecule has 0 saturated heterocycles. The lowest BCUT2D eigenvalue weighted by molar-refractivity contribution is 0.0337. The van der Waals surface area contributed by atoms with Gasteiger partial charge in [0.15, 0.2) is 0 Å². The molecule has 1 aromatic heterocycles. The molecule has 1 atom stereocenters. The first-order chi connectivity index (χ1) is 10.0. The van der Waals surface area contributed by atoms with E-state index in [0.717, 1.165) is 5.56 Å². The minimum Gasteiger partial charge on any atom is -0.454 e. The second-order valence-corrected chi connectivity index (χ2v) is 4.65. The summed E-state index contributed by atoms with van der Waals surface area (Å²) in [7, 11) is 1.61. The molecule has 21 heavy (non-hydrogen) atoms. The van der Waals surface area contributed by atoms with Gasteiger partial charge in [-0.1, -0.05) is 12.1 Å². The predicted octanol–water partition coefficient (Wildman–Crippen LogP) is 2.17. The number of aromatic nitrogens is 1. The topological polar surface area (TPSA) is 72.1 Å². The maximum absolute atomic E-state index is 12.0. The second kappa shape index (κ2) is 6.06. The molecule has 0 N–H and O–H groups in total. The van der Waals surface area contributed by atoms with Crippen LogP contribution in [-0.4, -0.2) is 10.5 Å². The summed E-state index contributed by atoms with van der Waals surface area (Å²) < 4.78 is 6.70. The van der Waals surface area contributed by atoms with Crippen molar-refractivity contribution in [3.63, 3.8) is 0 Å². The van der Waals surface area contributed by atoms with Crippen LogP contribution < -0.4 is 5.56 Å². The van der Waals surface area contributed by atoms with Crippen molar-refractivity contribution >= 4 is 5.97 Å². The highest BCUT2D eigenvalue weighted by atomic mass is 16.5. The largest absolute Gasteiger partial charge is 0.454 e. The standard InChI is InChI=1S/C16H14N2O3/c1-11(13-5-3-12(10-17)4-6-13)21-16(20)14-7-8-18(2)15(19)9-14/h3-9,11H,1-2H3. The number of benzene rings is 1. The van der Waals surface area contributed by atoms with Crippen LogP contribution in [0.2, 0.25) is 0 Å². The Labute approximate surface area is 122 Å². The van der Waals surface area contributed by atoms with Crippen molar-refractivity contribution < 1.29 is 9.53 Å². The number of ether oxygens (including phenoxy) is 1. The fourth-order valence-electron chi connectivity index (χ4n) is 1.80. The van der Waals surface area contributed by atoms with Crippen LogP contribution in [0.3, 0.4) is 0 Å². The van der Waals surface area contributed by atoms with Gasteiger partial charge in [-0.3, -0.25) is 4.79 Å². The van der Waals surface area contributed by atoms with Gasteiger partial charge in [-0.25, -0.2) is 4.79 Å². The van der Waals surface area contributed by atoms with Crippen LogP contribution >= 0.6 is 0 Å². The first-order valence-electron chi connectivity index (χ1n) is 6.39. The highest BCUT2D eigenvalue weighted by Crippen LogP contribution is 2.18. The Bertz CT molecular complexity index is 754. The molecule has 5 nitrogen and oxygen atoms in total. The quantitative estimate of drug-likeness (QED) is 0.809. The number of hydrogen-bond donors (Lipinski definition) is 0. The number of aryl methyl sites for hydroxylation is 1. The number of rotatable bonds is 3. The van der Waals surface area contributed by atoms with E-state index < -0.39 is 12.1 Å². The van der Waals surface area contributed by atoms with E-state index in [1.54, 1.807) is 38.2 Å². The zero-order chi connectivity index (χ0) is 15.4. The smallest absolute Gasteiger partial charge is 0.338 e. The van der Waals surface area contributed by atoms with Gasteiger partial charge < -0.3 is 9.30 Å². The van der Waals surface area contributed by atoms with Crippen LogP contribution in [0.1, 0.15) is 34.5 Å². The molecule has 1 unspecified atom stereocenters. The van der Waals surface area contributed by atoms with Crippen molar-refractivity contribution in [3.05, 3.63) is 69.6 Å². The van der Waals surface area contributed by atoms with Crippen molar-refractivity contribution in [2.24, 2.45) is 7.05 Å². The summed E-state index contributed by atoms with van der Waals surface area (Å²) in [6.07, 6.45) is 1.06. The molecular formula is C16H14N2O3. The van der Waals surface area contributed by atoms with Crippen LogP contribution in [0.15, 0.2) is 47.4 Å². The minimum atomic E-state index is -0.551. The van der Waals surface area contributed by atoms with Crippen molar-refractivity contribution in [3.8, 4) is 6.07 Å². The first kappa shape index (κ1) is 14.5. The Balaban J connectivity index is 2.12. The Morgan fingerprint density at radius 3 is 2.52 bits per heavy atom. The van der Waals surface area contributed by atoms with Gasteiger partial charge in [-0.2, -0.15) is 5.26 Å². The van der Waals surface area contributed by atoms with Gasteiger partial charge >= 0.3 is 5.97 Å². The van der Waals surface area contributed by atoms with Crippen LogP contribution in [0.5, 0.6) is 0 Å². The number of carbonyl (C=O) groups is 1. The maximum Gasteiger partial charge on any atom is 0.338 e. The molecule has 0 bridgehead atoms. The lowest BCUT2D eigenvalue weighted by atomic mass is 10.1. The van der Waals surface area contributed by atoms with E-state index in [1.807, 2.05) is 6.07 Å². The Morgan fingerprint density at radius 2 is 1.95 bits per heavy atom. The normalized spacial score (nSPS) is 11.5. The van der Waals surface area contributed by atoms with Gasteiger partial charge in [0.05, 0.1) is 17.2 Å². The van der Waals surface area contributed by atoms with E-state index >= 15 is 0 Å². The van der Waals surface area contributed by atoms with E-state index in [9.17, 15) is 9.59 Å². The summed E-state index contributed by atoms with van der Waals surface area (Å²) in [5.74, 6) is -0.551. The van der Waals surface area contributed by atoms with Crippen molar-refractivity contribution in [2.75, 3.05) is 0 Å². The van der Waals surface area contributed by atoms with Crippen LogP contribution in [0.25, 0.3) is 0 Å². The number of esters is 1. The number of nitriles is 1. The molecule has 0 spiro atoms. The van der Waals surface area contributed by atoms with E-state index in [2.05, 4.69) is 0 Å². The molecule has 0 saturated carbocycles. The minimum absolute atomic E-state index is 0.221. The van der Waals surface area contributed by atoms with Gasteiger partial charge in [0, 0.05) is 19.3 Å². The molecule has 0 amide bonds. The van der Waals surface area contributed by atoms with Crippen LogP contribution in [0.4, 0.5) is 0 Å². The fourth-order valence-corrected chi connectivity index (χ4v) is 1.80. The van der Waals surface area contributed by atoms with Gasteiger partial charge in [-0.05, 0) is 30.7 Å². The van der Waals surface area contributed by atoms with E-state index in [0.29, 0.717) is 5.56 Å². The van der Waals surface area contributed by atoms with Gasteiger partial charge in [0.25, 0.3) is 5.56 Å². The summed E-state index contributed by atoms with van der Waals surface area (Å²) in [5.41, 5.74) is 1.28. The average molecular weight is 282 g/mol. The SMILES string of the molecule is CC(OC(=O)c1ccn(C)c(=O)c1)c1ccc(C#N)cc1. The molecule has 2 rings (SSSR count). The fraction of sp³-hybridized carbons (Fsp3) is 0.188. The van der Waals surface area contributed by atoms with Gasteiger partial charge in [0.1, 0.15) is 6.10 Å². The molecule has 0 aliphatic carbocycles. The predicted molar refractivity (Wildman–Crippen MR) is 76.7 cm³/mol. The van der Waals surface area contributed by atoms with E-state index in [4.69, 9.17) is 10.00 Å². The molecule has 0 aliphatic heterocycles. The van der Waals surface area contributed by atoms with Crippen LogP contribution in [0, 0.1) is 11.3 Å². The number of pyridine rings is 1. The zero-order valence-electron chi connectivity index (χ0n) is 11.7. The average Bonchev–Trinajstić information content (AvgIpc) is 2.50. The molecule has 1 heterocycles. The zero-order valence-corrected chi connectivity index (χ0v) is 11.7. The Kier molecular flexibility index (Phi) is 4.19. The Morgan fingerprint density at radius 1 is 1.29 bits per heavy atom. The third kappa shape index (κ3) is 3.37.